The summed E-state index contributed by atoms with van der Waals surface area (Å²) < 4.78 is 10.6. The highest BCUT2D eigenvalue weighted by atomic mass is 16.5. The number of benzene rings is 1. The molecule has 1 aliphatic heterocycles. The van der Waals surface area contributed by atoms with E-state index in [0.717, 1.165) is 29.9 Å². The van der Waals surface area contributed by atoms with Gasteiger partial charge in [-0.15, -0.1) is 0 Å². The minimum atomic E-state index is 0.0255. The van der Waals surface area contributed by atoms with E-state index in [1.807, 2.05) is 23.1 Å². The van der Waals surface area contributed by atoms with Gasteiger partial charge in [-0.25, -0.2) is 0 Å². The van der Waals surface area contributed by atoms with Crippen LogP contribution in [0.3, 0.4) is 0 Å². The highest BCUT2D eigenvalue weighted by Crippen LogP contribution is 2.26. The smallest absolute Gasteiger partial charge is 0.222 e. The van der Waals surface area contributed by atoms with Gasteiger partial charge < -0.3 is 19.7 Å². The van der Waals surface area contributed by atoms with Crippen LogP contribution in [0.5, 0.6) is 11.5 Å². The number of ether oxygens (including phenoxy) is 2. The molecule has 2 amide bonds. The molecule has 2 rings (SSSR count). The fourth-order valence-corrected chi connectivity index (χ4v) is 3.07. The second kappa shape index (κ2) is 8.57. The molecule has 0 unspecified atom stereocenters. The Morgan fingerprint density at radius 2 is 1.92 bits per heavy atom. The number of carbonyl (C=O) groups is 2. The predicted molar refractivity (Wildman–Crippen MR) is 91.2 cm³/mol. The van der Waals surface area contributed by atoms with Gasteiger partial charge in [0.05, 0.1) is 14.2 Å². The zero-order valence-corrected chi connectivity index (χ0v) is 14.6. The standard InChI is InChI=1S/C18H26N2O4/c1-19-18(22)13-8-10-20(11-9-13)17(21)7-4-14-12-15(23-2)5-6-16(14)24-3/h5-6,12-13H,4,7-11H2,1-3H3,(H,19,22). The lowest BCUT2D eigenvalue weighted by Gasteiger charge is -2.31. The molecule has 0 aromatic heterocycles. The van der Waals surface area contributed by atoms with Gasteiger partial charge >= 0.3 is 0 Å². The van der Waals surface area contributed by atoms with Crippen LogP contribution in [0.1, 0.15) is 24.8 Å². The molecule has 6 nitrogen and oxygen atoms in total. The molecule has 1 fully saturated rings. The molecule has 1 saturated heterocycles. The van der Waals surface area contributed by atoms with Gasteiger partial charge in [0.15, 0.2) is 0 Å². The van der Waals surface area contributed by atoms with E-state index in [2.05, 4.69) is 5.32 Å². The molecular formula is C18H26N2O4. The number of hydrogen-bond acceptors (Lipinski definition) is 4. The summed E-state index contributed by atoms with van der Waals surface area (Å²) in [4.78, 5) is 25.9. The first-order valence-corrected chi connectivity index (χ1v) is 8.29. The Labute approximate surface area is 143 Å². The van der Waals surface area contributed by atoms with E-state index in [0.29, 0.717) is 25.9 Å². The highest BCUT2D eigenvalue weighted by molar-refractivity contribution is 5.80. The topological polar surface area (TPSA) is 67.9 Å². The first-order valence-electron chi connectivity index (χ1n) is 8.29. The lowest BCUT2D eigenvalue weighted by molar-refractivity contribution is -0.135. The van der Waals surface area contributed by atoms with E-state index in [-0.39, 0.29) is 17.7 Å². The lowest BCUT2D eigenvalue weighted by Crippen LogP contribution is -2.42. The van der Waals surface area contributed by atoms with Gasteiger partial charge in [-0.1, -0.05) is 0 Å². The van der Waals surface area contributed by atoms with E-state index in [1.165, 1.54) is 0 Å². The number of likely N-dealkylation sites (tertiary alicyclic amines) is 1. The van der Waals surface area contributed by atoms with E-state index in [1.54, 1.807) is 21.3 Å². The van der Waals surface area contributed by atoms with Crippen LogP contribution in [0.2, 0.25) is 0 Å². The first kappa shape index (κ1) is 18.1. The molecule has 24 heavy (non-hydrogen) atoms. The molecule has 6 heteroatoms. The Morgan fingerprint density at radius 3 is 2.50 bits per heavy atom. The molecule has 0 aliphatic carbocycles. The summed E-state index contributed by atoms with van der Waals surface area (Å²) in [7, 11) is 4.89. The van der Waals surface area contributed by atoms with Crippen LogP contribution in [-0.2, 0) is 16.0 Å². The van der Waals surface area contributed by atoms with Crippen molar-refractivity contribution in [3.05, 3.63) is 23.8 Å². The quantitative estimate of drug-likeness (QED) is 0.858. The second-order valence-electron chi connectivity index (χ2n) is 5.95. The fourth-order valence-electron chi connectivity index (χ4n) is 3.07. The molecule has 1 aromatic carbocycles. The maximum absolute atomic E-state index is 12.4. The summed E-state index contributed by atoms with van der Waals surface area (Å²) in [5.74, 6) is 1.74. The number of piperidine rings is 1. The van der Waals surface area contributed by atoms with Crippen LogP contribution in [0.25, 0.3) is 0 Å². The van der Waals surface area contributed by atoms with Crippen LogP contribution in [0.15, 0.2) is 18.2 Å². The molecule has 132 valence electrons. The van der Waals surface area contributed by atoms with Crippen LogP contribution >= 0.6 is 0 Å². The summed E-state index contributed by atoms with van der Waals surface area (Å²) in [6.45, 7) is 1.29. The van der Waals surface area contributed by atoms with E-state index in [9.17, 15) is 9.59 Å². The Hall–Kier alpha value is -2.24. The number of amides is 2. The van der Waals surface area contributed by atoms with Crippen molar-refractivity contribution in [2.24, 2.45) is 5.92 Å². The average Bonchev–Trinajstić information content (AvgIpc) is 2.65. The minimum Gasteiger partial charge on any atom is -0.497 e. The third-order valence-electron chi connectivity index (χ3n) is 4.56. The second-order valence-corrected chi connectivity index (χ2v) is 5.95. The number of aryl methyl sites for hydroxylation is 1. The number of nitrogens with one attached hydrogen (secondary N) is 1. The van der Waals surface area contributed by atoms with Crippen molar-refractivity contribution in [2.45, 2.75) is 25.7 Å². The van der Waals surface area contributed by atoms with Gasteiger partial charge in [0, 0.05) is 32.5 Å². The maximum Gasteiger partial charge on any atom is 0.222 e. The largest absolute Gasteiger partial charge is 0.497 e. The Morgan fingerprint density at radius 1 is 1.21 bits per heavy atom. The highest BCUT2D eigenvalue weighted by Gasteiger charge is 2.26. The van der Waals surface area contributed by atoms with Crippen LogP contribution < -0.4 is 14.8 Å². The third kappa shape index (κ3) is 4.40. The van der Waals surface area contributed by atoms with Crippen molar-refractivity contribution in [3.8, 4) is 11.5 Å². The van der Waals surface area contributed by atoms with Gasteiger partial charge in [0.25, 0.3) is 0 Å². The maximum atomic E-state index is 12.4. The normalized spacial score (nSPS) is 15.0. The molecule has 1 aromatic rings. The zero-order valence-electron chi connectivity index (χ0n) is 14.6. The zero-order chi connectivity index (χ0) is 17.5. The average molecular weight is 334 g/mol. The van der Waals surface area contributed by atoms with Gasteiger partial charge in [0.1, 0.15) is 11.5 Å². The van der Waals surface area contributed by atoms with Crippen molar-refractivity contribution < 1.29 is 19.1 Å². The van der Waals surface area contributed by atoms with Gasteiger partial charge in [0.2, 0.25) is 11.8 Å². The summed E-state index contributed by atoms with van der Waals surface area (Å²) in [5, 5.41) is 2.68. The summed E-state index contributed by atoms with van der Waals surface area (Å²) in [6, 6.07) is 5.60. The summed E-state index contributed by atoms with van der Waals surface area (Å²) >= 11 is 0. The molecule has 0 radical (unpaired) electrons. The molecule has 0 saturated carbocycles. The molecular weight excluding hydrogens is 308 g/mol. The predicted octanol–water partition coefficient (Wildman–Crippen LogP) is 1.62. The number of nitrogens with zero attached hydrogens (tertiary/aromatic N) is 1. The number of methoxy groups -OCH3 is 2. The number of rotatable bonds is 6. The summed E-state index contributed by atoms with van der Waals surface area (Å²) in [5.41, 5.74) is 0.963. The van der Waals surface area contributed by atoms with Crippen LogP contribution in [-0.4, -0.2) is 51.1 Å². The molecule has 0 atom stereocenters. The molecule has 0 bridgehead atoms. The monoisotopic (exact) mass is 334 g/mol. The van der Waals surface area contributed by atoms with Crippen molar-refractivity contribution in [1.82, 2.24) is 10.2 Å². The lowest BCUT2D eigenvalue weighted by atomic mass is 9.95. The Balaban J connectivity index is 1.89. The SMILES string of the molecule is CNC(=O)C1CCN(C(=O)CCc2cc(OC)ccc2OC)CC1. The molecule has 1 N–H and O–H groups in total. The number of carbonyl (C=O) groups excluding carboxylic acids is 2. The van der Waals surface area contributed by atoms with Crippen LogP contribution in [0, 0.1) is 5.92 Å². The Bertz CT molecular complexity index is 580. The fraction of sp³-hybridized carbons (Fsp3) is 0.556. The molecule has 1 aliphatic rings. The van der Waals surface area contributed by atoms with Crippen molar-refractivity contribution >= 4 is 11.8 Å². The third-order valence-corrected chi connectivity index (χ3v) is 4.56. The molecule has 1 heterocycles. The Kier molecular flexibility index (Phi) is 6.46. The molecule has 0 spiro atoms. The summed E-state index contributed by atoms with van der Waals surface area (Å²) in [6.07, 6.45) is 2.49. The van der Waals surface area contributed by atoms with Crippen molar-refractivity contribution in [3.63, 3.8) is 0 Å². The van der Waals surface area contributed by atoms with E-state index in [4.69, 9.17) is 9.47 Å². The van der Waals surface area contributed by atoms with Gasteiger partial charge in [-0.2, -0.15) is 0 Å². The van der Waals surface area contributed by atoms with E-state index < -0.39 is 0 Å². The first-order chi connectivity index (χ1) is 11.6. The van der Waals surface area contributed by atoms with Crippen molar-refractivity contribution in [2.75, 3.05) is 34.4 Å². The minimum absolute atomic E-state index is 0.0255. The van der Waals surface area contributed by atoms with Crippen LogP contribution in [0.4, 0.5) is 0 Å². The van der Waals surface area contributed by atoms with Gasteiger partial charge in [-0.05, 0) is 43.0 Å². The van der Waals surface area contributed by atoms with Gasteiger partial charge in [-0.3, -0.25) is 9.59 Å². The number of hydrogen-bond donors (Lipinski definition) is 1. The van der Waals surface area contributed by atoms with Crippen molar-refractivity contribution in [1.29, 1.82) is 0 Å². The van der Waals surface area contributed by atoms with E-state index >= 15 is 0 Å².